The van der Waals surface area contributed by atoms with Crippen molar-refractivity contribution in [2.45, 2.75) is 130 Å². The highest BCUT2D eigenvalue weighted by Crippen LogP contribution is 2.69. The SMILES string of the molecule is CC[C@H]1[C@@H](O)C2C(CC[C@@]3(C)C2CCC3[C@H](C)CCC(=O)O)C2CC[C@@H](OC3CCCCO3)CC21C. The molecule has 1 saturated heterocycles. The van der Waals surface area contributed by atoms with Gasteiger partial charge in [0.25, 0.3) is 0 Å². The molecule has 0 amide bonds. The molecule has 2 N–H and O–H groups in total. The van der Waals surface area contributed by atoms with Crippen LogP contribution in [0.2, 0.25) is 0 Å². The number of hydrogen-bond donors (Lipinski definition) is 2. The van der Waals surface area contributed by atoms with Crippen LogP contribution in [-0.4, -0.2) is 41.3 Å². The molecule has 5 rings (SSSR count). The molecule has 12 atom stereocenters. The standard InChI is InChI=1S/C31H52O5/c1-5-22-29(34)28-21(15-16-30(3)23(12-13-25(28)30)19(2)9-14-26(32)33)24-11-10-20(18-31(22,24)4)36-27-8-6-7-17-35-27/h19-25,27-29,34H,5-18H2,1-4H3,(H,32,33)/t19-,20-,21?,22+,23?,24?,25?,27?,28?,29-,30-,31?/m1/s1. The third-order valence-electron chi connectivity index (χ3n) is 12.4. The van der Waals surface area contributed by atoms with Crippen LogP contribution in [-0.2, 0) is 14.3 Å². The van der Waals surface area contributed by atoms with Gasteiger partial charge >= 0.3 is 5.97 Å². The quantitative estimate of drug-likeness (QED) is 0.379. The highest BCUT2D eigenvalue weighted by molar-refractivity contribution is 5.66. The maximum atomic E-state index is 12.1. The summed E-state index contributed by atoms with van der Waals surface area (Å²) >= 11 is 0. The molecule has 0 bridgehead atoms. The lowest BCUT2D eigenvalue weighted by molar-refractivity contribution is -0.236. The van der Waals surface area contributed by atoms with Gasteiger partial charge in [-0.05, 0) is 123 Å². The molecule has 0 spiro atoms. The van der Waals surface area contributed by atoms with Crippen LogP contribution < -0.4 is 0 Å². The van der Waals surface area contributed by atoms with E-state index in [1.54, 1.807) is 0 Å². The second-order valence-corrected chi connectivity index (χ2v) is 13.9. The van der Waals surface area contributed by atoms with Crippen LogP contribution in [0.15, 0.2) is 0 Å². The van der Waals surface area contributed by atoms with E-state index in [1.807, 2.05) is 0 Å². The molecule has 5 aliphatic rings. The number of ether oxygens (including phenoxy) is 2. The zero-order chi connectivity index (χ0) is 25.7. The molecule has 5 fully saturated rings. The van der Waals surface area contributed by atoms with Gasteiger partial charge in [-0.3, -0.25) is 4.79 Å². The number of aliphatic carboxylic acids is 1. The molecule has 0 aromatic heterocycles. The van der Waals surface area contributed by atoms with Crippen LogP contribution in [0, 0.1) is 52.3 Å². The highest BCUT2D eigenvalue weighted by atomic mass is 16.7. The molecule has 36 heavy (non-hydrogen) atoms. The van der Waals surface area contributed by atoms with Gasteiger partial charge in [0.05, 0.1) is 12.2 Å². The van der Waals surface area contributed by atoms with Crippen molar-refractivity contribution in [3.63, 3.8) is 0 Å². The van der Waals surface area contributed by atoms with Crippen LogP contribution in [0.1, 0.15) is 111 Å². The van der Waals surface area contributed by atoms with Gasteiger partial charge in [0.2, 0.25) is 0 Å². The average molecular weight is 505 g/mol. The largest absolute Gasteiger partial charge is 0.481 e. The topological polar surface area (TPSA) is 76.0 Å². The Bertz CT molecular complexity index is 779. The summed E-state index contributed by atoms with van der Waals surface area (Å²) in [5.74, 6) is 2.95. The molecule has 4 aliphatic carbocycles. The zero-order valence-corrected chi connectivity index (χ0v) is 23.3. The predicted octanol–water partition coefficient (Wildman–Crippen LogP) is 6.66. The first-order chi connectivity index (χ1) is 17.2. The van der Waals surface area contributed by atoms with Crippen molar-refractivity contribution in [1.82, 2.24) is 0 Å². The summed E-state index contributed by atoms with van der Waals surface area (Å²) in [6, 6.07) is 0. The first-order valence-corrected chi connectivity index (χ1v) is 15.4. The van der Waals surface area contributed by atoms with Crippen molar-refractivity contribution in [3.05, 3.63) is 0 Å². The fraction of sp³-hybridized carbons (Fsp3) is 0.968. The Morgan fingerprint density at radius 2 is 1.83 bits per heavy atom. The first-order valence-electron chi connectivity index (χ1n) is 15.4. The Kier molecular flexibility index (Phi) is 7.85. The van der Waals surface area contributed by atoms with E-state index in [9.17, 15) is 15.0 Å². The van der Waals surface area contributed by atoms with Gasteiger partial charge in [-0.15, -0.1) is 0 Å². The highest BCUT2D eigenvalue weighted by Gasteiger charge is 2.64. The van der Waals surface area contributed by atoms with Gasteiger partial charge < -0.3 is 19.7 Å². The van der Waals surface area contributed by atoms with E-state index < -0.39 is 5.97 Å². The van der Waals surface area contributed by atoms with Gasteiger partial charge in [0, 0.05) is 13.0 Å². The van der Waals surface area contributed by atoms with Crippen molar-refractivity contribution < 1.29 is 24.5 Å². The Morgan fingerprint density at radius 1 is 1.06 bits per heavy atom. The fourth-order valence-electron chi connectivity index (χ4n) is 10.8. The number of carboxylic acids is 1. The second kappa shape index (κ2) is 10.5. The lowest BCUT2D eigenvalue weighted by Crippen LogP contribution is -2.62. The maximum Gasteiger partial charge on any atom is 0.303 e. The minimum atomic E-state index is -0.673. The van der Waals surface area contributed by atoms with Crippen molar-refractivity contribution in [3.8, 4) is 0 Å². The van der Waals surface area contributed by atoms with Crippen molar-refractivity contribution >= 4 is 5.97 Å². The number of carbonyl (C=O) groups is 1. The Labute approximate surface area is 219 Å². The van der Waals surface area contributed by atoms with E-state index in [2.05, 4.69) is 27.7 Å². The summed E-state index contributed by atoms with van der Waals surface area (Å²) in [6.45, 7) is 10.4. The summed E-state index contributed by atoms with van der Waals surface area (Å²) in [7, 11) is 0. The molecule has 1 aliphatic heterocycles. The molecule has 5 heteroatoms. The third kappa shape index (κ3) is 4.57. The van der Waals surface area contributed by atoms with Crippen molar-refractivity contribution in [2.24, 2.45) is 52.3 Å². The first kappa shape index (κ1) is 26.9. The van der Waals surface area contributed by atoms with Crippen molar-refractivity contribution in [1.29, 1.82) is 0 Å². The third-order valence-corrected chi connectivity index (χ3v) is 12.4. The molecular weight excluding hydrogens is 452 g/mol. The van der Waals surface area contributed by atoms with Gasteiger partial charge in [0.1, 0.15) is 0 Å². The Hall–Kier alpha value is -0.650. The van der Waals surface area contributed by atoms with Crippen LogP contribution in [0.4, 0.5) is 0 Å². The Balaban J connectivity index is 1.34. The molecule has 4 saturated carbocycles. The van der Waals surface area contributed by atoms with Crippen LogP contribution in [0.25, 0.3) is 0 Å². The second-order valence-electron chi connectivity index (χ2n) is 13.9. The number of aliphatic hydroxyl groups excluding tert-OH is 1. The molecule has 1 heterocycles. The summed E-state index contributed by atoms with van der Waals surface area (Å²) in [4.78, 5) is 11.2. The fourth-order valence-corrected chi connectivity index (χ4v) is 10.8. The average Bonchev–Trinajstić information content (AvgIpc) is 3.20. The van der Waals surface area contributed by atoms with Gasteiger partial charge in [-0.2, -0.15) is 0 Å². The molecule has 0 aromatic rings. The summed E-state index contributed by atoms with van der Waals surface area (Å²) in [5.41, 5.74) is 0.373. The molecular formula is C31H52O5. The molecule has 0 radical (unpaired) electrons. The predicted molar refractivity (Wildman–Crippen MR) is 140 cm³/mol. The van der Waals surface area contributed by atoms with E-state index in [-0.39, 0.29) is 35.7 Å². The van der Waals surface area contributed by atoms with Crippen LogP contribution in [0.5, 0.6) is 0 Å². The van der Waals surface area contributed by atoms with Crippen LogP contribution in [0.3, 0.4) is 0 Å². The molecule has 5 nitrogen and oxygen atoms in total. The minimum Gasteiger partial charge on any atom is -0.481 e. The lowest BCUT2D eigenvalue weighted by Gasteiger charge is -2.64. The molecule has 0 aromatic carbocycles. The minimum absolute atomic E-state index is 0.0285. The van der Waals surface area contributed by atoms with E-state index in [4.69, 9.17) is 9.47 Å². The zero-order valence-electron chi connectivity index (χ0n) is 23.3. The van der Waals surface area contributed by atoms with Crippen molar-refractivity contribution in [2.75, 3.05) is 6.61 Å². The summed E-state index contributed by atoms with van der Waals surface area (Å²) in [5, 5.41) is 21.3. The van der Waals surface area contributed by atoms with E-state index in [0.29, 0.717) is 41.4 Å². The van der Waals surface area contributed by atoms with Gasteiger partial charge in [-0.25, -0.2) is 0 Å². The normalized spacial score (nSPS) is 49.5. The number of fused-ring (bicyclic) bond motifs is 5. The number of aliphatic hydroxyl groups is 1. The monoisotopic (exact) mass is 504 g/mol. The maximum absolute atomic E-state index is 12.1. The van der Waals surface area contributed by atoms with E-state index in [0.717, 1.165) is 45.1 Å². The van der Waals surface area contributed by atoms with E-state index in [1.165, 1.54) is 38.5 Å². The van der Waals surface area contributed by atoms with Crippen LogP contribution >= 0.6 is 0 Å². The number of rotatable bonds is 7. The van der Waals surface area contributed by atoms with E-state index >= 15 is 0 Å². The molecule has 7 unspecified atom stereocenters. The lowest BCUT2D eigenvalue weighted by atomic mass is 9.42. The number of hydrogen-bond acceptors (Lipinski definition) is 4. The smallest absolute Gasteiger partial charge is 0.303 e. The summed E-state index contributed by atoms with van der Waals surface area (Å²) < 4.78 is 12.5. The van der Waals surface area contributed by atoms with Gasteiger partial charge in [-0.1, -0.05) is 34.1 Å². The Morgan fingerprint density at radius 3 is 2.53 bits per heavy atom. The number of carboxylic acid groups (broad SMARTS) is 1. The molecule has 206 valence electrons. The summed E-state index contributed by atoms with van der Waals surface area (Å²) in [6.07, 6.45) is 13.8. The van der Waals surface area contributed by atoms with Gasteiger partial charge in [0.15, 0.2) is 6.29 Å².